The van der Waals surface area contributed by atoms with E-state index in [1.807, 2.05) is 37.3 Å². The van der Waals surface area contributed by atoms with Crippen LogP contribution < -0.4 is 15.2 Å². The Labute approximate surface area is 191 Å². The van der Waals surface area contributed by atoms with Crippen molar-refractivity contribution >= 4 is 40.7 Å². The van der Waals surface area contributed by atoms with Gasteiger partial charge in [-0.2, -0.15) is 5.10 Å². The van der Waals surface area contributed by atoms with Crippen LogP contribution in [0.1, 0.15) is 31.9 Å². The molecule has 2 aromatic carbocycles. The maximum absolute atomic E-state index is 11.9. The monoisotopic (exact) mass is 463 g/mol. The highest BCUT2D eigenvalue weighted by Crippen LogP contribution is 2.37. The Morgan fingerprint density at radius 2 is 1.97 bits per heavy atom. The smallest absolute Gasteiger partial charge is 0.347 e. The summed E-state index contributed by atoms with van der Waals surface area (Å²) in [6.07, 6.45) is 0.685. The van der Waals surface area contributed by atoms with Gasteiger partial charge in [0.15, 0.2) is 22.8 Å². The molecule has 7 nitrogen and oxygen atoms in total. The standard InChI is InChI=1S/C22H26ClN3O4S/c1-4-28-19-12-17(11-18(23)20(19)30-15(3)21(27)29-5-2)13-25-26-22(24)31-14-16-9-7-6-8-10-16/h6-13,15H,4-5,14H2,1-3H3,(H2,24,26). The van der Waals surface area contributed by atoms with E-state index in [0.717, 1.165) is 5.56 Å². The van der Waals surface area contributed by atoms with Crippen molar-refractivity contribution in [2.45, 2.75) is 32.6 Å². The number of halogens is 1. The largest absolute Gasteiger partial charge is 0.490 e. The topological polar surface area (TPSA) is 95.5 Å². The Balaban J connectivity index is 2.09. The summed E-state index contributed by atoms with van der Waals surface area (Å²) in [5, 5.41) is 8.66. The van der Waals surface area contributed by atoms with Gasteiger partial charge in [-0.05, 0) is 38.5 Å². The third-order valence-electron chi connectivity index (χ3n) is 3.84. The molecule has 31 heavy (non-hydrogen) atoms. The Hall–Kier alpha value is -2.71. The number of thioether (sulfide) groups is 1. The van der Waals surface area contributed by atoms with Crippen molar-refractivity contribution in [1.82, 2.24) is 0 Å². The first-order valence-corrected chi connectivity index (χ1v) is 11.1. The molecule has 0 aromatic heterocycles. The summed E-state index contributed by atoms with van der Waals surface area (Å²) in [4.78, 5) is 11.9. The molecule has 0 radical (unpaired) electrons. The molecule has 166 valence electrons. The van der Waals surface area contributed by atoms with Gasteiger partial charge in [0.2, 0.25) is 0 Å². The highest BCUT2D eigenvalue weighted by atomic mass is 35.5. The zero-order chi connectivity index (χ0) is 22.6. The van der Waals surface area contributed by atoms with Crippen molar-refractivity contribution in [3.8, 4) is 11.5 Å². The number of rotatable bonds is 10. The first-order valence-electron chi connectivity index (χ1n) is 9.77. The molecule has 0 saturated heterocycles. The predicted octanol–water partition coefficient (Wildman–Crippen LogP) is 4.65. The second-order valence-electron chi connectivity index (χ2n) is 6.23. The number of nitrogens with two attached hydrogens (primary N) is 1. The molecule has 0 amide bonds. The average molecular weight is 464 g/mol. The fourth-order valence-corrected chi connectivity index (χ4v) is 3.31. The lowest BCUT2D eigenvalue weighted by Crippen LogP contribution is -2.26. The van der Waals surface area contributed by atoms with E-state index in [1.165, 1.54) is 18.0 Å². The van der Waals surface area contributed by atoms with E-state index in [-0.39, 0.29) is 17.4 Å². The van der Waals surface area contributed by atoms with E-state index in [9.17, 15) is 4.79 Å². The normalized spacial score (nSPS) is 12.6. The molecule has 9 heteroatoms. The maximum Gasteiger partial charge on any atom is 0.347 e. The minimum absolute atomic E-state index is 0.265. The van der Waals surface area contributed by atoms with E-state index in [2.05, 4.69) is 10.2 Å². The van der Waals surface area contributed by atoms with E-state index in [4.69, 9.17) is 31.5 Å². The van der Waals surface area contributed by atoms with Crippen LogP contribution >= 0.6 is 23.4 Å². The summed E-state index contributed by atoms with van der Waals surface area (Å²) >= 11 is 7.77. The molecule has 2 aromatic rings. The molecule has 2 rings (SSSR count). The Morgan fingerprint density at radius 1 is 1.23 bits per heavy atom. The molecule has 0 saturated carbocycles. The highest BCUT2D eigenvalue weighted by Gasteiger charge is 2.21. The van der Waals surface area contributed by atoms with Crippen LogP contribution in [0.2, 0.25) is 5.02 Å². The van der Waals surface area contributed by atoms with Gasteiger partial charge in [-0.25, -0.2) is 4.79 Å². The van der Waals surface area contributed by atoms with Gasteiger partial charge in [-0.1, -0.05) is 53.7 Å². The van der Waals surface area contributed by atoms with Gasteiger partial charge in [-0.3, -0.25) is 0 Å². The lowest BCUT2D eigenvalue weighted by atomic mass is 10.2. The Morgan fingerprint density at radius 3 is 2.65 bits per heavy atom. The summed E-state index contributed by atoms with van der Waals surface area (Å²) in [5.41, 5.74) is 7.71. The number of benzene rings is 2. The lowest BCUT2D eigenvalue weighted by Gasteiger charge is -2.18. The first-order chi connectivity index (χ1) is 14.9. The lowest BCUT2D eigenvalue weighted by molar-refractivity contribution is -0.150. The van der Waals surface area contributed by atoms with Crippen molar-refractivity contribution in [1.29, 1.82) is 0 Å². The molecule has 0 spiro atoms. The second kappa shape index (κ2) is 12.9. The van der Waals surface area contributed by atoms with E-state index in [1.54, 1.807) is 26.0 Å². The van der Waals surface area contributed by atoms with Crippen molar-refractivity contribution in [3.05, 3.63) is 58.6 Å². The number of carbonyl (C=O) groups excluding carboxylic acids is 1. The van der Waals surface area contributed by atoms with E-state index >= 15 is 0 Å². The second-order valence-corrected chi connectivity index (χ2v) is 7.64. The summed E-state index contributed by atoms with van der Waals surface area (Å²) in [7, 11) is 0. The van der Waals surface area contributed by atoms with Gasteiger partial charge < -0.3 is 19.9 Å². The van der Waals surface area contributed by atoms with Crippen LogP contribution in [-0.4, -0.2) is 36.7 Å². The third-order valence-corrected chi connectivity index (χ3v) is 4.97. The van der Waals surface area contributed by atoms with Crippen molar-refractivity contribution < 1.29 is 19.0 Å². The molecular formula is C22H26ClN3O4S. The van der Waals surface area contributed by atoms with Crippen molar-refractivity contribution in [2.75, 3.05) is 13.2 Å². The summed E-state index contributed by atoms with van der Waals surface area (Å²) in [6, 6.07) is 13.3. The van der Waals surface area contributed by atoms with Gasteiger partial charge >= 0.3 is 5.97 Å². The fraction of sp³-hybridized carbons (Fsp3) is 0.318. The maximum atomic E-state index is 11.9. The minimum atomic E-state index is -0.831. The third kappa shape index (κ3) is 8.15. The zero-order valence-electron chi connectivity index (χ0n) is 17.7. The highest BCUT2D eigenvalue weighted by molar-refractivity contribution is 8.13. The molecule has 1 unspecified atom stereocenters. The van der Waals surface area contributed by atoms with Crippen LogP contribution in [0.15, 0.2) is 52.7 Å². The van der Waals surface area contributed by atoms with Gasteiger partial charge in [0, 0.05) is 11.3 Å². The van der Waals surface area contributed by atoms with E-state index < -0.39 is 12.1 Å². The van der Waals surface area contributed by atoms with Crippen molar-refractivity contribution in [2.24, 2.45) is 15.9 Å². The molecule has 0 aliphatic heterocycles. The minimum Gasteiger partial charge on any atom is -0.490 e. The van der Waals surface area contributed by atoms with Crippen LogP contribution in [0.25, 0.3) is 0 Å². The number of ether oxygens (including phenoxy) is 3. The zero-order valence-corrected chi connectivity index (χ0v) is 19.3. The van der Waals surface area contributed by atoms with Gasteiger partial charge in [-0.15, -0.1) is 5.10 Å². The fourth-order valence-electron chi connectivity index (χ4n) is 2.44. The van der Waals surface area contributed by atoms with Crippen LogP contribution in [-0.2, 0) is 15.3 Å². The number of nitrogens with zero attached hydrogens (tertiary/aromatic N) is 2. The average Bonchev–Trinajstić information content (AvgIpc) is 2.75. The predicted molar refractivity (Wildman–Crippen MR) is 126 cm³/mol. The molecule has 0 aliphatic rings. The molecule has 0 aliphatic carbocycles. The number of hydrogen-bond donors (Lipinski definition) is 1. The SMILES string of the molecule is CCOC(=O)C(C)Oc1c(Cl)cc(C=NN=C(N)SCc2ccccc2)cc1OCC. The van der Waals surface area contributed by atoms with Gasteiger partial charge in [0.25, 0.3) is 0 Å². The summed E-state index contributed by atoms with van der Waals surface area (Å²) in [5.74, 6) is 0.881. The molecule has 0 fully saturated rings. The van der Waals surface area contributed by atoms with Crippen LogP contribution in [0.5, 0.6) is 11.5 Å². The first kappa shape index (κ1) is 24.6. The molecule has 0 bridgehead atoms. The van der Waals surface area contributed by atoms with Crippen LogP contribution in [0.4, 0.5) is 0 Å². The number of esters is 1. The summed E-state index contributed by atoms with van der Waals surface area (Å²) in [6.45, 7) is 5.81. The Bertz CT molecular complexity index is 922. The quantitative estimate of drug-likeness (QED) is 0.238. The summed E-state index contributed by atoms with van der Waals surface area (Å²) < 4.78 is 16.3. The van der Waals surface area contributed by atoms with Crippen LogP contribution in [0.3, 0.4) is 0 Å². The van der Waals surface area contributed by atoms with Crippen molar-refractivity contribution in [3.63, 3.8) is 0 Å². The van der Waals surface area contributed by atoms with Gasteiger partial charge in [0.05, 0.1) is 24.5 Å². The molecule has 1 atom stereocenters. The van der Waals surface area contributed by atoms with E-state index in [0.29, 0.717) is 28.8 Å². The Kier molecular flexibility index (Phi) is 10.2. The number of hydrogen-bond acceptors (Lipinski definition) is 7. The molecular weight excluding hydrogens is 438 g/mol. The van der Waals surface area contributed by atoms with Crippen LogP contribution in [0, 0.1) is 0 Å². The number of carbonyl (C=O) groups is 1. The molecule has 0 heterocycles. The number of amidine groups is 1. The van der Waals surface area contributed by atoms with Gasteiger partial charge in [0.1, 0.15) is 0 Å². The molecule has 2 N–H and O–H groups in total.